The Hall–Kier alpha value is -2.65. The summed E-state index contributed by atoms with van der Waals surface area (Å²) in [6.07, 6.45) is 2.72. The second-order valence-electron chi connectivity index (χ2n) is 6.38. The molecule has 0 saturated heterocycles. The summed E-state index contributed by atoms with van der Waals surface area (Å²) < 4.78 is 16.3. The van der Waals surface area contributed by atoms with Crippen LogP contribution in [0.25, 0.3) is 0 Å². The highest BCUT2D eigenvalue weighted by atomic mass is 32.1. The number of rotatable bonds is 12. The van der Waals surface area contributed by atoms with Crippen LogP contribution in [0.5, 0.6) is 11.5 Å². The van der Waals surface area contributed by atoms with Gasteiger partial charge in [0.25, 0.3) is 0 Å². The van der Waals surface area contributed by atoms with Crippen LogP contribution in [0, 0.1) is 0 Å². The minimum atomic E-state index is -0.291. The summed E-state index contributed by atoms with van der Waals surface area (Å²) in [7, 11) is 5.68. The van der Waals surface area contributed by atoms with Crippen molar-refractivity contribution in [2.75, 3.05) is 46.4 Å². The van der Waals surface area contributed by atoms with E-state index in [2.05, 4.69) is 20.4 Å². The first-order valence-corrected chi connectivity index (χ1v) is 10.2. The van der Waals surface area contributed by atoms with Crippen LogP contribution in [0.15, 0.2) is 28.7 Å². The molecule has 0 atom stereocenters. The van der Waals surface area contributed by atoms with Crippen molar-refractivity contribution in [2.45, 2.75) is 19.8 Å². The topological polar surface area (TPSA) is 85.3 Å². The van der Waals surface area contributed by atoms with E-state index in [4.69, 9.17) is 14.2 Å². The van der Waals surface area contributed by atoms with Crippen molar-refractivity contribution in [3.63, 3.8) is 0 Å². The van der Waals surface area contributed by atoms with Crippen molar-refractivity contribution in [1.29, 1.82) is 0 Å². The predicted molar refractivity (Wildman–Crippen MR) is 115 cm³/mol. The number of carbonyl (C=O) groups is 1. The second kappa shape index (κ2) is 12.0. The van der Waals surface area contributed by atoms with E-state index in [1.165, 1.54) is 11.3 Å². The number of hydrogen-bond donors (Lipinski definition) is 1. The molecule has 158 valence electrons. The number of nitrogens with zero attached hydrogens (tertiary/aromatic N) is 3. The van der Waals surface area contributed by atoms with E-state index in [1.807, 2.05) is 32.3 Å². The molecule has 1 aromatic heterocycles. The molecule has 2 rings (SSSR count). The van der Waals surface area contributed by atoms with Crippen molar-refractivity contribution in [3.8, 4) is 11.5 Å². The lowest BCUT2D eigenvalue weighted by molar-refractivity contribution is -0.142. The van der Waals surface area contributed by atoms with Crippen LogP contribution in [-0.2, 0) is 16.0 Å². The van der Waals surface area contributed by atoms with Gasteiger partial charge >= 0.3 is 5.97 Å². The fourth-order valence-electron chi connectivity index (χ4n) is 2.46. The Morgan fingerprint density at radius 1 is 1.38 bits per heavy atom. The quantitative estimate of drug-likeness (QED) is 0.244. The molecule has 0 aliphatic carbocycles. The maximum atomic E-state index is 11.5. The molecule has 0 aliphatic rings. The third-order valence-corrected chi connectivity index (χ3v) is 4.57. The van der Waals surface area contributed by atoms with Gasteiger partial charge in [0.05, 0.1) is 38.7 Å². The van der Waals surface area contributed by atoms with Crippen molar-refractivity contribution in [1.82, 2.24) is 9.88 Å². The largest absolute Gasteiger partial charge is 0.493 e. The number of anilines is 1. The Kier molecular flexibility index (Phi) is 9.39. The van der Waals surface area contributed by atoms with Gasteiger partial charge in [-0.3, -0.25) is 10.2 Å². The van der Waals surface area contributed by atoms with Gasteiger partial charge in [0.1, 0.15) is 0 Å². The van der Waals surface area contributed by atoms with Gasteiger partial charge in [0, 0.05) is 17.5 Å². The van der Waals surface area contributed by atoms with Crippen molar-refractivity contribution in [3.05, 3.63) is 34.8 Å². The highest BCUT2D eigenvalue weighted by Crippen LogP contribution is 2.30. The molecule has 0 fully saturated rings. The summed E-state index contributed by atoms with van der Waals surface area (Å²) in [5, 5.41) is 6.65. The lowest BCUT2D eigenvalue weighted by Crippen LogP contribution is -2.16. The number of aromatic nitrogens is 1. The lowest BCUT2D eigenvalue weighted by Gasteiger charge is -2.14. The third kappa shape index (κ3) is 7.71. The molecular formula is C20H28N4O4S. The molecule has 29 heavy (non-hydrogen) atoms. The molecule has 0 amide bonds. The highest BCUT2D eigenvalue weighted by Gasteiger charge is 2.10. The zero-order valence-corrected chi connectivity index (χ0v) is 18.1. The number of hydrazone groups is 1. The highest BCUT2D eigenvalue weighted by molar-refractivity contribution is 7.13. The SMILES string of the molecule is CCOC(=O)Cc1csc(NN=Cc2cccc(OC)c2OCCCN(C)C)n1. The molecule has 0 bridgehead atoms. The lowest BCUT2D eigenvalue weighted by atomic mass is 10.2. The predicted octanol–water partition coefficient (Wildman–Crippen LogP) is 3.03. The molecule has 1 heterocycles. The summed E-state index contributed by atoms with van der Waals surface area (Å²) in [6, 6.07) is 5.64. The van der Waals surface area contributed by atoms with Crippen LogP contribution in [0.3, 0.4) is 0 Å². The number of nitrogens with one attached hydrogen (secondary N) is 1. The maximum Gasteiger partial charge on any atom is 0.311 e. The first-order chi connectivity index (χ1) is 14.0. The van der Waals surface area contributed by atoms with Crippen LogP contribution in [0.4, 0.5) is 5.13 Å². The molecule has 0 spiro atoms. The van der Waals surface area contributed by atoms with Gasteiger partial charge in [-0.25, -0.2) is 4.98 Å². The number of hydrogen-bond acceptors (Lipinski definition) is 9. The summed E-state index contributed by atoms with van der Waals surface area (Å²) in [6.45, 7) is 3.66. The number of esters is 1. The van der Waals surface area contributed by atoms with E-state index in [1.54, 1.807) is 25.6 Å². The van der Waals surface area contributed by atoms with Gasteiger partial charge in [0.15, 0.2) is 11.5 Å². The van der Waals surface area contributed by atoms with Crippen molar-refractivity contribution >= 4 is 28.7 Å². The number of carbonyl (C=O) groups excluding carboxylic acids is 1. The minimum absolute atomic E-state index is 0.149. The number of benzene rings is 1. The summed E-state index contributed by atoms with van der Waals surface area (Å²) >= 11 is 1.37. The summed E-state index contributed by atoms with van der Waals surface area (Å²) in [5.41, 5.74) is 4.33. The van der Waals surface area contributed by atoms with Gasteiger partial charge < -0.3 is 19.1 Å². The van der Waals surface area contributed by atoms with Crippen LogP contribution < -0.4 is 14.9 Å². The smallest absolute Gasteiger partial charge is 0.311 e. The number of thiazole rings is 1. The molecule has 1 aromatic carbocycles. The molecule has 2 aromatic rings. The average molecular weight is 421 g/mol. The number of methoxy groups -OCH3 is 1. The third-order valence-electron chi connectivity index (χ3n) is 3.77. The van der Waals surface area contributed by atoms with Gasteiger partial charge in [-0.2, -0.15) is 5.10 Å². The zero-order valence-electron chi connectivity index (χ0n) is 17.3. The first kappa shape index (κ1) is 22.6. The summed E-state index contributed by atoms with van der Waals surface area (Å²) in [4.78, 5) is 18.0. The van der Waals surface area contributed by atoms with E-state index < -0.39 is 0 Å². The molecule has 0 aliphatic heterocycles. The molecular weight excluding hydrogens is 392 g/mol. The fourth-order valence-corrected chi connectivity index (χ4v) is 3.12. The Labute approximate surface area is 175 Å². The normalized spacial score (nSPS) is 11.1. The van der Waals surface area contributed by atoms with E-state index >= 15 is 0 Å². The number of para-hydroxylation sites is 1. The van der Waals surface area contributed by atoms with E-state index in [0.717, 1.165) is 18.5 Å². The van der Waals surface area contributed by atoms with Crippen molar-refractivity contribution < 1.29 is 19.0 Å². The fraction of sp³-hybridized carbons (Fsp3) is 0.450. The van der Waals surface area contributed by atoms with Gasteiger partial charge in [-0.05, 0) is 39.6 Å². The van der Waals surface area contributed by atoms with Gasteiger partial charge in [-0.15, -0.1) is 11.3 Å². The van der Waals surface area contributed by atoms with Crippen molar-refractivity contribution in [2.24, 2.45) is 5.10 Å². The van der Waals surface area contributed by atoms with Crippen LogP contribution in [-0.4, -0.2) is 63.0 Å². The van der Waals surface area contributed by atoms with Gasteiger partial charge in [0.2, 0.25) is 5.13 Å². The van der Waals surface area contributed by atoms with Crippen LogP contribution in [0.2, 0.25) is 0 Å². The minimum Gasteiger partial charge on any atom is -0.493 e. The Morgan fingerprint density at radius 2 is 2.21 bits per heavy atom. The molecule has 9 heteroatoms. The van der Waals surface area contributed by atoms with Crippen LogP contribution in [0.1, 0.15) is 24.6 Å². The first-order valence-electron chi connectivity index (χ1n) is 9.37. The molecule has 8 nitrogen and oxygen atoms in total. The van der Waals surface area contributed by atoms with Gasteiger partial charge in [-0.1, -0.05) is 6.07 Å². The zero-order chi connectivity index (χ0) is 21.1. The van der Waals surface area contributed by atoms with E-state index in [-0.39, 0.29) is 12.4 Å². The number of ether oxygens (including phenoxy) is 3. The molecule has 0 saturated carbocycles. The standard InChI is InChI=1S/C20H28N4O4S/c1-5-27-18(25)12-16-14-29-20(22-16)23-21-13-15-8-6-9-17(26-4)19(15)28-11-7-10-24(2)3/h6,8-9,13-14H,5,7,10-12H2,1-4H3,(H,22,23). The van der Waals surface area contributed by atoms with E-state index in [0.29, 0.717) is 35.5 Å². The monoisotopic (exact) mass is 420 g/mol. The average Bonchev–Trinajstić information content (AvgIpc) is 3.12. The Balaban J connectivity index is 1.99. The molecule has 0 radical (unpaired) electrons. The Bertz CT molecular complexity index is 808. The van der Waals surface area contributed by atoms with E-state index in [9.17, 15) is 4.79 Å². The Morgan fingerprint density at radius 3 is 2.93 bits per heavy atom. The van der Waals surface area contributed by atoms with Crippen LogP contribution >= 0.6 is 11.3 Å². The molecule has 0 unspecified atom stereocenters. The molecule has 1 N–H and O–H groups in total. The second-order valence-corrected chi connectivity index (χ2v) is 7.24. The summed E-state index contributed by atoms with van der Waals surface area (Å²) in [5.74, 6) is 1.02. The maximum absolute atomic E-state index is 11.5.